The second-order valence-corrected chi connectivity index (χ2v) is 3.89. The summed E-state index contributed by atoms with van der Waals surface area (Å²) in [5.41, 5.74) is 0.324. The molecule has 0 saturated carbocycles. The van der Waals surface area contributed by atoms with E-state index >= 15 is 0 Å². The van der Waals surface area contributed by atoms with Crippen LogP contribution in [-0.4, -0.2) is 18.5 Å². The van der Waals surface area contributed by atoms with Crippen LogP contribution in [0, 0.1) is 14.9 Å². The van der Waals surface area contributed by atoms with E-state index in [1.165, 1.54) is 7.11 Å². The number of rotatable bonds is 3. The molecule has 0 aromatic carbocycles. The Morgan fingerprint density at radius 1 is 1.53 bits per heavy atom. The lowest BCUT2D eigenvalue weighted by Crippen LogP contribution is -2.19. The highest BCUT2D eigenvalue weighted by Gasteiger charge is 2.33. The average molecular weight is 358 g/mol. The van der Waals surface area contributed by atoms with E-state index in [1.54, 1.807) is 22.6 Å². The predicted molar refractivity (Wildman–Crippen MR) is 59.5 cm³/mol. The molecule has 4 nitrogen and oxygen atoms in total. The summed E-state index contributed by atoms with van der Waals surface area (Å²) in [5.74, 6) is -0.324. The molecule has 0 aliphatic rings. The quantitative estimate of drug-likeness (QED) is 0.780. The zero-order chi connectivity index (χ0) is 13.1. The van der Waals surface area contributed by atoms with Gasteiger partial charge in [0.05, 0.1) is 29.4 Å². The molecule has 0 fully saturated rings. The lowest BCUT2D eigenvalue weighted by Gasteiger charge is -2.13. The van der Waals surface area contributed by atoms with Crippen molar-refractivity contribution in [3.63, 3.8) is 0 Å². The maximum Gasteiger partial charge on any atom is 0.574 e. The molecule has 1 rings (SSSR count). The van der Waals surface area contributed by atoms with Gasteiger partial charge in [-0.25, -0.2) is 4.98 Å². The largest absolute Gasteiger partial charge is 0.574 e. The fourth-order valence-corrected chi connectivity index (χ4v) is 1.80. The molecule has 0 bridgehead atoms. The van der Waals surface area contributed by atoms with Crippen molar-refractivity contribution in [3.8, 4) is 17.7 Å². The van der Waals surface area contributed by atoms with Crippen LogP contribution in [0.4, 0.5) is 13.2 Å². The fraction of sp³-hybridized carbons (Fsp3) is 0.333. The summed E-state index contributed by atoms with van der Waals surface area (Å²) in [7, 11) is 1.35. The highest BCUT2D eigenvalue weighted by atomic mass is 127. The summed E-state index contributed by atoms with van der Waals surface area (Å²) < 4.78 is 44.9. The molecule has 0 saturated heterocycles. The van der Waals surface area contributed by atoms with E-state index in [0.29, 0.717) is 5.56 Å². The fourth-order valence-electron chi connectivity index (χ4n) is 1.09. The Morgan fingerprint density at radius 2 is 2.18 bits per heavy atom. The van der Waals surface area contributed by atoms with Crippen molar-refractivity contribution in [2.24, 2.45) is 0 Å². The number of ether oxygens (including phenoxy) is 2. The predicted octanol–water partition coefficient (Wildman–Crippen LogP) is 2.66. The van der Waals surface area contributed by atoms with E-state index in [2.05, 4.69) is 9.72 Å². The molecule has 1 heterocycles. The minimum absolute atomic E-state index is 0.0851. The van der Waals surface area contributed by atoms with Gasteiger partial charge >= 0.3 is 6.36 Å². The van der Waals surface area contributed by atoms with Crippen LogP contribution in [-0.2, 0) is 6.42 Å². The van der Waals surface area contributed by atoms with Crippen LogP contribution >= 0.6 is 22.6 Å². The summed E-state index contributed by atoms with van der Waals surface area (Å²) in [6.45, 7) is 0. The molecule has 0 N–H and O–H groups in total. The molecular weight excluding hydrogens is 352 g/mol. The standard InChI is InChI=1S/C9H6F3IN2O2/c1-16-6-4-15-8(17-9(10,11)12)7(13)5(6)2-3-14/h4H,2H2,1H3. The second-order valence-electron chi connectivity index (χ2n) is 2.81. The van der Waals surface area contributed by atoms with Crippen molar-refractivity contribution in [3.05, 3.63) is 15.3 Å². The summed E-state index contributed by atoms with van der Waals surface area (Å²) in [6.07, 6.45) is -3.81. The van der Waals surface area contributed by atoms with Gasteiger partial charge in [-0.3, -0.25) is 0 Å². The Morgan fingerprint density at radius 3 is 2.65 bits per heavy atom. The molecular formula is C9H6F3IN2O2. The smallest absolute Gasteiger partial charge is 0.495 e. The number of aromatic nitrogens is 1. The van der Waals surface area contributed by atoms with Gasteiger partial charge in [-0.05, 0) is 22.6 Å². The zero-order valence-electron chi connectivity index (χ0n) is 8.51. The highest BCUT2D eigenvalue weighted by Crippen LogP contribution is 2.32. The van der Waals surface area contributed by atoms with Crippen molar-refractivity contribution in [2.75, 3.05) is 7.11 Å². The van der Waals surface area contributed by atoms with Crippen molar-refractivity contribution in [1.82, 2.24) is 4.98 Å². The van der Waals surface area contributed by atoms with Gasteiger partial charge in [0.1, 0.15) is 5.75 Å². The van der Waals surface area contributed by atoms with E-state index in [1.807, 2.05) is 6.07 Å². The van der Waals surface area contributed by atoms with E-state index in [-0.39, 0.29) is 15.7 Å². The number of pyridine rings is 1. The van der Waals surface area contributed by atoms with Gasteiger partial charge in [-0.15, -0.1) is 13.2 Å². The van der Waals surface area contributed by atoms with Crippen LogP contribution in [0.3, 0.4) is 0 Å². The first kappa shape index (κ1) is 13.8. The lowest BCUT2D eigenvalue weighted by atomic mass is 10.2. The van der Waals surface area contributed by atoms with E-state index < -0.39 is 12.2 Å². The Kier molecular flexibility index (Phi) is 4.39. The maximum atomic E-state index is 12.1. The van der Waals surface area contributed by atoms with Crippen LogP contribution in [0.1, 0.15) is 5.56 Å². The van der Waals surface area contributed by atoms with Crippen LogP contribution < -0.4 is 9.47 Å². The van der Waals surface area contributed by atoms with Crippen molar-refractivity contribution in [1.29, 1.82) is 5.26 Å². The second kappa shape index (κ2) is 5.39. The summed E-state index contributed by atoms with van der Waals surface area (Å²) in [5, 5.41) is 8.60. The molecule has 92 valence electrons. The summed E-state index contributed by atoms with van der Waals surface area (Å²) >= 11 is 1.63. The van der Waals surface area contributed by atoms with Crippen molar-refractivity contribution in [2.45, 2.75) is 12.8 Å². The monoisotopic (exact) mass is 358 g/mol. The molecule has 0 amide bonds. The molecule has 8 heteroatoms. The zero-order valence-corrected chi connectivity index (χ0v) is 10.7. The molecule has 0 aliphatic heterocycles. The number of nitriles is 1. The Labute approximate surface area is 108 Å². The summed E-state index contributed by atoms with van der Waals surface area (Å²) in [6, 6.07) is 1.84. The van der Waals surface area contributed by atoms with Crippen LogP contribution in [0.2, 0.25) is 0 Å². The third kappa shape index (κ3) is 3.62. The van der Waals surface area contributed by atoms with Gasteiger partial charge in [0.25, 0.3) is 0 Å². The normalized spacial score (nSPS) is 10.8. The van der Waals surface area contributed by atoms with E-state index in [9.17, 15) is 13.2 Å². The average Bonchev–Trinajstić information content (AvgIpc) is 2.23. The van der Waals surface area contributed by atoms with Gasteiger partial charge in [0.15, 0.2) is 0 Å². The SMILES string of the molecule is COc1cnc(OC(F)(F)F)c(I)c1CC#N. The van der Waals surface area contributed by atoms with Crippen molar-refractivity contribution >= 4 is 22.6 Å². The molecule has 0 spiro atoms. The lowest BCUT2D eigenvalue weighted by molar-refractivity contribution is -0.276. The van der Waals surface area contributed by atoms with Gasteiger partial charge in [-0.1, -0.05) is 0 Å². The summed E-state index contributed by atoms with van der Waals surface area (Å²) in [4.78, 5) is 3.49. The molecule has 0 unspecified atom stereocenters. The Hall–Kier alpha value is -1.24. The minimum atomic E-state index is -4.81. The number of alkyl halides is 3. The first-order chi connectivity index (χ1) is 7.89. The molecule has 0 radical (unpaired) electrons. The minimum Gasteiger partial charge on any atom is -0.495 e. The van der Waals surface area contributed by atoms with Gasteiger partial charge in [-0.2, -0.15) is 5.26 Å². The first-order valence-corrected chi connectivity index (χ1v) is 5.31. The highest BCUT2D eigenvalue weighted by molar-refractivity contribution is 14.1. The Balaban J connectivity index is 3.19. The molecule has 0 aliphatic carbocycles. The first-order valence-electron chi connectivity index (χ1n) is 4.23. The number of methoxy groups -OCH3 is 1. The molecule has 1 aromatic rings. The van der Waals surface area contributed by atoms with Crippen LogP contribution in [0.15, 0.2) is 6.20 Å². The number of halogens is 4. The van der Waals surface area contributed by atoms with Crippen LogP contribution in [0.5, 0.6) is 11.6 Å². The molecule has 1 aromatic heterocycles. The maximum absolute atomic E-state index is 12.1. The van der Waals surface area contributed by atoms with E-state index in [4.69, 9.17) is 10.00 Å². The number of hydrogen-bond acceptors (Lipinski definition) is 4. The van der Waals surface area contributed by atoms with Crippen LogP contribution in [0.25, 0.3) is 0 Å². The topological polar surface area (TPSA) is 55.1 Å². The molecule has 17 heavy (non-hydrogen) atoms. The van der Waals surface area contributed by atoms with Crippen molar-refractivity contribution < 1.29 is 22.6 Å². The van der Waals surface area contributed by atoms with E-state index in [0.717, 1.165) is 6.20 Å². The van der Waals surface area contributed by atoms with Gasteiger partial charge in [0.2, 0.25) is 5.88 Å². The number of nitrogens with zero attached hydrogens (tertiary/aromatic N) is 2. The third-order valence-electron chi connectivity index (χ3n) is 1.74. The van der Waals surface area contributed by atoms with Gasteiger partial charge in [0, 0.05) is 5.56 Å². The molecule has 0 atom stereocenters. The number of hydrogen-bond donors (Lipinski definition) is 0. The Bertz CT molecular complexity index is 457. The third-order valence-corrected chi connectivity index (χ3v) is 2.85. The van der Waals surface area contributed by atoms with Gasteiger partial charge < -0.3 is 9.47 Å².